The number of nitrogens with one attached hydrogen (secondary N) is 1. The van der Waals surface area contributed by atoms with Gasteiger partial charge in [-0.15, -0.1) is 0 Å². The first-order valence-corrected chi connectivity index (χ1v) is 11.0. The monoisotopic (exact) mass is 459 g/mol. The van der Waals surface area contributed by atoms with Crippen LogP contribution in [0.4, 0.5) is 0 Å². The summed E-state index contributed by atoms with van der Waals surface area (Å²) in [6, 6.07) is 13.1. The van der Waals surface area contributed by atoms with Crippen LogP contribution in [0.15, 0.2) is 51.4 Å². The molecule has 3 aromatic rings. The van der Waals surface area contributed by atoms with Gasteiger partial charge in [0.15, 0.2) is 11.9 Å². The first kappa shape index (κ1) is 23.3. The normalized spacial score (nSPS) is 13.8. The average Bonchev–Trinajstić information content (AvgIpc) is 3.21. The zero-order valence-electron chi connectivity index (χ0n) is 17.5. The molecule has 29 heavy (non-hydrogen) atoms. The summed E-state index contributed by atoms with van der Waals surface area (Å²) in [4.78, 5) is 17.9. The predicted molar refractivity (Wildman–Crippen MR) is 123 cm³/mol. The average molecular weight is 460 g/mol. The van der Waals surface area contributed by atoms with Gasteiger partial charge >= 0.3 is 0 Å². The van der Waals surface area contributed by atoms with Crippen LogP contribution in [-0.4, -0.2) is 43.0 Å². The lowest BCUT2D eigenvalue weighted by molar-refractivity contribution is 0.112. The van der Waals surface area contributed by atoms with Gasteiger partial charge in [-0.2, -0.15) is 0 Å². The van der Waals surface area contributed by atoms with E-state index in [0.717, 1.165) is 23.0 Å². The molecule has 0 unspecified atom stereocenters. The third-order valence-corrected chi connectivity index (χ3v) is 4.93. The van der Waals surface area contributed by atoms with Crippen LogP contribution in [0, 0.1) is 0 Å². The minimum atomic E-state index is 0.519. The Bertz CT molecular complexity index is 872. The molecule has 1 N–H and O–H groups in total. The van der Waals surface area contributed by atoms with E-state index in [1.165, 1.54) is 32.4 Å². The summed E-state index contributed by atoms with van der Waals surface area (Å²) < 4.78 is 6.48. The molecule has 1 aromatic heterocycles. The Morgan fingerprint density at radius 3 is 2.45 bits per heavy atom. The molecular formula is C23H30BrN3O2. The van der Waals surface area contributed by atoms with Crippen LogP contribution < -0.4 is 5.32 Å². The predicted octanol–water partition coefficient (Wildman–Crippen LogP) is 5.75. The first-order chi connectivity index (χ1) is 14.2. The van der Waals surface area contributed by atoms with Gasteiger partial charge in [-0.25, -0.2) is 4.98 Å². The van der Waals surface area contributed by atoms with E-state index in [2.05, 4.69) is 31.1 Å². The molecule has 2 aromatic carbocycles. The summed E-state index contributed by atoms with van der Waals surface area (Å²) in [5, 5.41) is 3.16. The highest BCUT2D eigenvalue weighted by Crippen LogP contribution is 2.28. The van der Waals surface area contributed by atoms with Crippen molar-refractivity contribution >= 4 is 33.3 Å². The van der Waals surface area contributed by atoms with E-state index in [1.54, 1.807) is 6.07 Å². The van der Waals surface area contributed by atoms with Crippen molar-refractivity contribution in [1.29, 1.82) is 0 Å². The Morgan fingerprint density at radius 1 is 1.14 bits per heavy atom. The largest absolute Gasteiger partial charge is 0.436 e. The van der Waals surface area contributed by atoms with Crippen LogP contribution in [-0.2, 0) is 0 Å². The Morgan fingerprint density at radius 2 is 1.83 bits per heavy atom. The topological polar surface area (TPSA) is 58.4 Å². The summed E-state index contributed by atoms with van der Waals surface area (Å²) in [6.45, 7) is 7.65. The van der Waals surface area contributed by atoms with Crippen molar-refractivity contribution in [2.45, 2.75) is 33.1 Å². The Balaban J connectivity index is 0.000000231. The number of hydrogen-bond acceptors (Lipinski definition) is 5. The molecular weight excluding hydrogens is 430 g/mol. The van der Waals surface area contributed by atoms with E-state index in [0.29, 0.717) is 22.6 Å². The lowest BCUT2D eigenvalue weighted by atomic mass is 10.1. The highest BCUT2D eigenvalue weighted by molar-refractivity contribution is 9.10. The zero-order chi connectivity index (χ0) is 21.1. The highest BCUT2D eigenvalue weighted by Gasteiger charge is 2.12. The number of piperidine rings is 1. The van der Waals surface area contributed by atoms with Crippen LogP contribution in [0.25, 0.3) is 22.6 Å². The summed E-state index contributed by atoms with van der Waals surface area (Å²) in [5.41, 5.74) is 2.60. The van der Waals surface area contributed by atoms with Gasteiger partial charge in [-0.1, -0.05) is 54.4 Å². The number of aldehydes is 1. The van der Waals surface area contributed by atoms with Crippen LogP contribution in [0.2, 0.25) is 0 Å². The number of hydrogen-bond donors (Lipinski definition) is 1. The van der Waals surface area contributed by atoms with Gasteiger partial charge in [-0.3, -0.25) is 9.69 Å². The van der Waals surface area contributed by atoms with E-state index in [-0.39, 0.29) is 0 Å². The fourth-order valence-corrected chi connectivity index (χ4v) is 3.61. The van der Waals surface area contributed by atoms with E-state index in [4.69, 9.17) is 4.42 Å². The third-order valence-electron chi connectivity index (χ3n) is 4.47. The smallest absolute Gasteiger partial charge is 0.227 e. The Kier molecular flexibility index (Phi) is 10.0. The quantitative estimate of drug-likeness (QED) is 0.503. The summed E-state index contributed by atoms with van der Waals surface area (Å²) in [5.74, 6) is 0.520. The number of oxazole rings is 1. The minimum absolute atomic E-state index is 0.519. The molecule has 5 nitrogen and oxygen atoms in total. The molecule has 0 aliphatic carbocycles. The zero-order valence-corrected chi connectivity index (χ0v) is 19.0. The number of carbonyl (C=O) groups excluding carboxylic acids is 1. The molecule has 0 saturated carbocycles. The second-order valence-electron chi connectivity index (χ2n) is 6.54. The van der Waals surface area contributed by atoms with E-state index in [1.807, 2.05) is 57.3 Å². The molecule has 0 spiro atoms. The van der Waals surface area contributed by atoms with Crippen molar-refractivity contribution in [3.05, 3.63) is 52.5 Å². The highest BCUT2D eigenvalue weighted by atomic mass is 79.9. The van der Waals surface area contributed by atoms with Crippen molar-refractivity contribution in [2.24, 2.45) is 0 Å². The van der Waals surface area contributed by atoms with E-state index < -0.39 is 0 Å². The van der Waals surface area contributed by atoms with Crippen LogP contribution in [0.3, 0.4) is 0 Å². The number of halogens is 1. The van der Waals surface area contributed by atoms with Gasteiger partial charge in [-0.05, 0) is 57.2 Å². The second kappa shape index (κ2) is 12.5. The molecule has 1 saturated heterocycles. The Labute approximate surface area is 181 Å². The molecule has 6 heteroatoms. The van der Waals surface area contributed by atoms with Crippen molar-refractivity contribution in [2.75, 3.05) is 26.8 Å². The number of benzene rings is 2. The maximum absolute atomic E-state index is 11.0. The molecule has 156 valence electrons. The number of fused-ring (bicyclic) bond motifs is 1. The van der Waals surface area contributed by atoms with Crippen LogP contribution in [0.5, 0.6) is 0 Å². The van der Waals surface area contributed by atoms with Crippen molar-refractivity contribution in [1.82, 2.24) is 15.2 Å². The maximum Gasteiger partial charge on any atom is 0.227 e. The van der Waals surface area contributed by atoms with Crippen LogP contribution >= 0.6 is 15.9 Å². The molecule has 1 fully saturated rings. The first-order valence-electron chi connectivity index (χ1n) is 10.2. The van der Waals surface area contributed by atoms with Gasteiger partial charge in [0.25, 0.3) is 0 Å². The van der Waals surface area contributed by atoms with Crippen molar-refractivity contribution in [3.8, 4) is 11.5 Å². The minimum Gasteiger partial charge on any atom is -0.436 e. The van der Waals surface area contributed by atoms with E-state index in [9.17, 15) is 4.79 Å². The lowest BCUT2D eigenvalue weighted by Crippen LogP contribution is -2.36. The van der Waals surface area contributed by atoms with Crippen molar-refractivity contribution in [3.63, 3.8) is 0 Å². The SMILES string of the molecule is CC.CNCN1CCCCC1.O=Cc1cc(Br)cc2oc(-c3ccccc3)nc12. The molecule has 0 amide bonds. The van der Waals surface area contributed by atoms with E-state index >= 15 is 0 Å². The number of likely N-dealkylation sites (tertiary alicyclic amines) is 1. The molecule has 0 bridgehead atoms. The molecule has 0 radical (unpaired) electrons. The van der Waals surface area contributed by atoms with Gasteiger partial charge in [0, 0.05) is 22.3 Å². The lowest BCUT2D eigenvalue weighted by Gasteiger charge is -2.25. The van der Waals surface area contributed by atoms with Gasteiger partial charge in [0.05, 0.1) is 0 Å². The second-order valence-corrected chi connectivity index (χ2v) is 7.45. The van der Waals surface area contributed by atoms with Gasteiger partial charge in [0.1, 0.15) is 5.52 Å². The fourth-order valence-electron chi connectivity index (χ4n) is 3.16. The molecule has 4 rings (SSSR count). The van der Waals surface area contributed by atoms with Crippen molar-refractivity contribution < 1.29 is 9.21 Å². The summed E-state index contributed by atoms with van der Waals surface area (Å²) in [7, 11) is 2.01. The maximum atomic E-state index is 11.0. The number of rotatable bonds is 4. The molecule has 1 aliphatic rings. The number of carbonyl (C=O) groups is 1. The third kappa shape index (κ3) is 6.77. The van der Waals surface area contributed by atoms with Crippen LogP contribution in [0.1, 0.15) is 43.5 Å². The van der Waals surface area contributed by atoms with Gasteiger partial charge in [0.2, 0.25) is 5.89 Å². The summed E-state index contributed by atoms with van der Waals surface area (Å²) >= 11 is 3.34. The standard InChI is InChI=1S/C14H8BrNO2.C7H16N2.C2H6/c15-11-6-10(8-17)13-12(7-11)18-14(16-13)9-4-2-1-3-5-9;1-8-7-9-5-3-2-4-6-9;1-2/h1-8H;8H,2-7H2,1H3;1-2H3. The number of aromatic nitrogens is 1. The molecule has 1 aliphatic heterocycles. The molecule has 2 heterocycles. The molecule has 0 atom stereocenters. The Hall–Kier alpha value is -2.02. The summed E-state index contributed by atoms with van der Waals surface area (Å²) in [6.07, 6.45) is 4.99. The van der Waals surface area contributed by atoms with Gasteiger partial charge < -0.3 is 9.73 Å². The fraction of sp³-hybridized carbons (Fsp3) is 0.391. The number of nitrogens with zero attached hydrogens (tertiary/aromatic N) is 2.